The Labute approximate surface area is 128 Å². The van der Waals surface area contributed by atoms with Crippen LogP contribution in [0, 0.1) is 0 Å². The molecule has 1 aromatic rings. The average molecular weight is 312 g/mol. The second kappa shape index (κ2) is 7.58. The highest BCUT2D eigenvalue weighted by Crippen LogP contribution is 2.19. The molecule has 21 heavy (non-hydrogen) atoms. The molecule has 7 nitrogen and oxygen atoms in total. The molecule has 1 aromatic heterocycles. The number of nitrogens with zero attached hydrogens (tertiary/aromatic N) is 3. The van der Waals surface area contributed by atoms with Crippen LogP contribution < -0.4 is 5.73 Å². The number of nitrogens with two attached hydrogens (primary N) is 1. The standard InChI is InChI=1S/C13H20N4O3S/c1-3-19-12(18)10-6-15-13(16-11(10)14)21-8-9-7-17(2)4-5-20-9/h6,9H,3-5,7-8H2,1-2H3,(H2,14,15,16). The van der Waals surface area contributed by atoms with Gasteiger partial charge in [0.2, 0.25) is 0 Å². The Kier molecular flexibility index (Phi) is 5.77. The lowest BCUT2D eigenvalue weighted by Gasteiger charge is -2.29. The summed E-state index contributed by atoms with van der Waals surface area (Å²) in [4.78, 5) is 22.1. The van der Waals surface area contributed by atoms with E-state index in [1.165, 1.54) is 18.0 Å². The predicted molar refractivity (Wildman–Crippen MR) is 80.4 cm³/mol. The summed E-state index contributed by atoms with van der Waals surface area (Å²) in [6.07, 6.45) is 1.57. The van der Waals surface area contributed by atoms with Gasteiger partial charge in [-0.15, -0.1) is 0 Å². The number of carbonyl (C=O) groups is 1. The van der Waals surface area contributed by atoms with Crippen LogP contribution in [0.25, 0.3) is 0 Å². The number of anilines is 1. The van der Waals surface area contributed by atoms with E-state index in [1.54, 1.807) is 6.92 Å². The molecule has 0 aliphatic carbocycles. The number of hydrogen-bond donors (Lipinski definition) is 1. The summed E-state index contributed by atoms with van der Waals surface area (Å²) in [6.45, 7) is 4.62. The molecule has 2 N–H and O–H groups in total. The van der Waals surface area contributed by atoms with Crippen LogP contribution in [0.2, 0.25) is 0 Å². The Morgan fingerprint density at radius 1 is 1.67 bits per heavy atom. The summed E-state index contributed by atoms with van der Waals surface area (Å²) < 4.78 is 10.6. The van der Waals surface area contributed by atoms with Gasteiger partial charge in [0.15, 0.2) is 5.16 Å². The molecule has 2 heterocycles. The third-order valence-electron chi connectivity index (χ3n) is 3.03. The fourth-order valence-electron chi connectivity index (χ4n) is 1.95. The minimum absolute atomic E-state index is 0.146. The number of ether oxygens (including phenoxy) is 2. The van der Waals surface area contributed by atoms with Crippen molar-refractivity contribution in [3.05, 3.63) is 11.8 Å². The van der Waals surface area contributed by atoms with Crippen molar-refractivity contribution in [2.75, 3.05) is 44.8 Å². The first-order valence-electron chi connectivity index (χ1n) is 6.82. The number of likely N-dealkylation sites (N-methyl/N-ethyl adjacent to an activating group) is 1. The number of morpholine rings is 1. The molecule has 0 bridgehead atoms. The largest absolute Gasteiger partial charge is 0.462 e. The number of esters is 1. The topological polar surface area (TPSA) is 90.6 Å². The summed E-state index contributed by atoms with van der Waals surface area (Å²) in [5, 5.41) is 0.539. The van der Waals surface area contributed by atoms with Crippen LogP contribution in [0.4, 0.5) is 5.82 Å². The van der Waals surface area contributed by atoms with Gasteiger partial charge in [0.25, 0.3) is 0 Å². The van der Waals surface area contributed by atoms with Crippen molar-refractivity contribution in [2.45, 2.75) is 18.2 Å². The Bertz CT molecular complexity index is 500. The van der Waals surface area contributed by atoms with Crippen molar-refractivity contribution in [1.82, 2.24) is 14.9 Å². The first-order chi connectivity index (χ1) is 10.1. The van der Waals surface area contributed by atoms with Gasteiger partial charge in [-0.1, -0.05) is 11.8 Å². The summed E-state index contributed by atoms with van der Waals surface area (Å²) in [6, 6.07) is 0. The molecular formula is C13H20N4O3S. The molecule has 0 aromatic carbocycles. The first kappa shape index (κ1) is 16.0. The second-order valence-corrected chi connectivity index (χ2v) is 5.73. The maximum atomic E-state index is 11.6. The number of nitrogen functional groups attached to an aromatic ring is 1. The van der Waals surface area contributed by atoms with Gasteiger partial charge in [0.1, 0.15) is 11.4 Å². The fourth-order valence-corrected chi connectivity index (χ4v) is 2.78. The van der Waals surface area contributed by atoms with Gasteiger partial charge >= 0.3 is 5.97 Å². The van der Waals surface area contributed by atoms with Crippen molar-refractivity contribution in [3.8, 4) is 0 Å². The van der Waals surface area contributed by atoms with Crippen LogP contribution in [0.5, 0.6) is 0 Å². The Morgan fingerprint density at radius 3 is 3.14 bits per heavy atom. The van der Waals surface area contributed by atoms with Crippen LogP contribution >= 0.6 is 11.8 Å². The van der Waals surface area contributed by atoms with Crippen LogP contribution in [0.3, 0.4) is 0 Å². The monoisotopic (exact) mass is 312 g/mol. The molecule has 1 aliphatic rings. The summed E-state index contributed by atoms with van der Waals surface area (Å²) in [5.41, 5.74) is 5.98. The van der Waals surface area contributed by atoms with Gasteiger partial charge in [-0.05, 0) is 14.0 Å². The zero-order valence-electron chi connectivity index (χ0n) is 12.2. The molecule has 1 saturated heterocycles. The van der Waals surface area contributed by atoms with E-state index >= 15 is 0 Å². The van der Waals surface area contributed by atoms with Crippen molar-refractivity contribution in [3.63, 3.8) is 0 Å². The molecule has 0 amide bonds. The van der Waals surface area contributed by atoms with E-state index in [-0.39, 0.29) is 17.5 Å². The van der Waals surface area contributed by atoms with Gasteiger partial charge in [-0.3, -0.25) is 0 Å². The third-order valence-corrected chi connectivity index (χ3v) is 4.03. The highest BCUT2D eigenvalue weighted by Gasteiger charge is 2.19. The van der Waals surface area contributed by atoms with Gasteiger partial charge in [-0.25, -0.2) is 14.8 Å². The lowest BCUT2D eigenvalue weighted by atomic mass is 10.3. The Hall–Kier alpha value is -1.38. The quantitative estimate of drug-likeness (QED) is 0.482. The maximum absolute atomic E-state index is 11.6. The van der Waals surface area contributed by atoms with E-state index in [1.807, 2.05) is 0 Å². The van der Waals surface area contributed by atoms with Crippen LogP contribution in [0.15, 0.2) is 11.4 Å². The summed E-state index contributed by atoms with van der Waals surface area (Å²) >= 11 is 1.47. The van der Waals surface area contributed by atoms with E-state index in [2.05, 4.69) is 21.9 Å². The third kappa shape index (κ3) is 4.55. The first-order valence-corrected chi connectivity index (χ1v) is 7.81. The molecule has 0 spiro atoms. The normalized spacial score (nSPS) is 19.4. The van der Waals surface area contributed by atoms with Crippen LogP contribution in [-0.4, -0.2) is 66.0 Å². The molecule has 116 valence electrons. The molecule has 8 heteroatoms. The van der Waals surface area contributed by atoms with E-state index in [0.717, 1.165) is 25.4 Å². The summed E-state index contributed by atoms with van der Waals surface area (Å²) in [7, 11) is 2.07. The lowest BCUT2D eigenvalue weighted by molar-refractivity contribution is -0.00601. The predicted octanol–water partition coefficient (Wildman–Crippen LogP) is 0.658. The second-order valence-electron chi connectivity index (χ2n) is 4.74. The fraction of sp³-hybridized carbons (Fsp3) is 0.615. The molecule has 1 aliphatic heterocycles. The zero-order valence-corrected chi connectivity index (χ0v) is 13.1. The summed E-state index contributed by atoms with van der Waals surface area (Å²) in [5.74, 6) is 0.402. The lowest BCUT2D eigenvalue weighted by Crippen LogP contribution is -2.41. The van der Waals surface area contributed by atoms with Gasteiger partial charge in [-0.2, -0.15) is 0 Å². The van der Waals surface area contributed by atoms with Crippen molar-refractivity contribution in [2.24, 2.45) is 0 Å². The van der Waals surface area contributed by atoms with E-state index in [9.17, 15) is 4.79 Å². The van der Waals surface area contributed by atoms with E-state index in [0.29, 0.717) is 11.8 Å². The smallest absolute Gasteiger partial charge is 0.343 e. The number of aromatic nitrogens is 2. The molecule has 1 fully saturated rings. The number of hydrogen-bond acceptors (Lipinski definition) is 8. The molecule has 0 saturated carbocycles. The molecular weight excluding hydrogens is 292 g/mol. The zero-order chi connectivity index (χ0) is 15.2. The minimum atomic E-state index is -0.496. The highest BCUT2D eigenvalue weighted by molar-refractivity contribution is 7.99. The number of rotatable bonds is 5. The minimum Gasteiger partial charge on any atom is -0.462 e. The molecule has 1 atom stereocenters. The van der Waals surface area contributed by atoms with Gasteiger partial charge in [0.05, 0.1) is 19.3 Å². The number of carbonyl (C=O) groups excluding carboxylic acids is 1. The Morgan fingerprint density at radius 2 is 2.48 bits per heavy atom. The van der Waals surface area contributed by atoms with Gasteiger partial charge in [0, 0.05) is 25.0 Å². The van der Waals surface area contributed by atoms with Crippen molar-refractivity contribution < 1.29 is 14.3 Å². The number of thioether (sulfide) groups is 1. The molecule has 2 rings (SSSR count). The van der Waals surface area contributed by atoms with Crippen LogP contribution in [0.1, 0.15) is 17.3 Å². The van der Waals surface area contributed by atoms with Gasteiger partial charge < -0.3 is 20.1 Å². The molecule has 0 radical (unpaired) electrons. The SMILES string of the molecule is CCOC(=O)c1cnc(SCC2CN(C)CCO2)nc1N. The van der Waals surface area contributed by atoms with Crippen molar-refractivity contribution in [1.29, 1.82) is 0 Å². The van der Waals surface area contributed by atoms with E-state index in [4.69, 9.17) is 15.2 Å². The van der Waals surface area contributed by atoms with E-state index < -0.39 is 5.97 Å². The maximum Gasteiger partial charge on any atom is 0.343 e. The Balaban J connectivity index is 1.92. The van der Waals surface area contributed by atoms with Crippen LogP contribution in [-0.2, 0) is 9.47 Å². The highest BCUT2D eigenvalue weighted by atomic mass is 32.2. The average Bonchev–Trinajstić information content (AvgIpc) is 2.45. The van der Waals surface area contributed by atoms with Crippen molar-refractivity contribution >= 4 is 23.5 Å². The molecule has 1 unspecified atom stereocenters.